The van der Waals surface area contributed by atoms with Crippen molar-refractivity contribution >= 4 is 17.3 Å². The SMILES string of the molecule is COc1ccc(Nc2cc(NCc3ccccn3)nc(C)n2)cc1. The highest BCUT2D eigenvalue weighted by atomic mass is 16.5. The minimum Gasteiger partial charge on any atom is -0.497 e. The molecule has 0 saturated heterocycles. The number of pyridine rings is 1. The first kappa shape index (κ1) is 15.7. The molecule has 2 N–H and O–H groups in total. The van der Waals surface area contributed by atoms with Crippen molar-refractivity contribution in [3.63, 3.8) is 0 Å². The molecule has 0 aliphatic carbocycles. The van der Waals surface area contributed by atoms with E-state index in [-0.39, 0.29) is 0 Å². The molecular weight excluding hydrogens is 302 g/mol. The van der Waals surface area contributed by atoms with E-state index in [4.69, 9.17) is 4.74 Å². The summed E-state index contributed by atoms with van der Waals surface area (Å²) in [7, 11) is 1.65. The fraction of sp³-hybridized carbons (Fsp3) is 0.167. The number of rotatable bonds is 6. The monoisotopic (exact) mass is 321 g/mol. The Bertz CT molecular complexity index is 790. The summed E-state index contributed by atoms with van der Waals surface area (Å²) < 4.78 is 5.16. The Balaban J connectivity index is 1.70. The summed E-state index contributed by atoms with van der Waals surface area (Å²) >= 11 is 0. The second kappa shape index (κ2) is 7.41. The van der Waals surface area contributed by atoms with Gasteiger partial charge in [-0.1, -0.05) is 6.07 Å². The maximum atomic E-state index is 5.16. The zero-order valence-electron chi connectivity index (χ0n) is 13.7. The van der Waals surface area contributed by atoms with Crippen LogP contribution in [-0.2, 0) is 6.54 Å². The van der Waals surface area contributed by atoms with Crippen molar-refractivity contribution in [1.29, 1.82) is 0 Å². The Kier molecular flexibility index (Phi) is 4.86. The molecule has 0 unspecified atom stereocenters. The second-order valence-electron chi connectivity index (χ2n) is 5.21. The predicted octanol–water partition coefficient (Wildman–Crippen LogP) is 3.54. The summed E-state index contributed by atoms with van der Waals surface area (Å²) in [5, 5.41) is 6.54. The molecule has 3 rings (SSSR count). The van der Waals surface area contributed by atoms with Crippen LogP contribution in [0.4, 0.5) is 17.3 Å². The highest BCUT2D eigenvalue weighted by Gasteiger charge is 2.03. The van der Waals surface area contributed by atoms with E-state index >= 15 is 0 Å². The van der Waals surface area contributed by atoms with Gasteiger partial charge in [0.25, 0.3) is 0 Å². The quantitative estimate of drug-likeness (QED) is 0.723. The number of nitrogens with one attached hydrogen (secondary N) is 2. The van der Waals surface area contributed by atoms with Crippen molar-refractivity contribution < 1.29 is 4.74 Å². The molecule has 0 atom stereocenters. The highest BCUT2D eigenvalue weighted by molar-refractivity contribution is 5.60. The van der Waals surface area contributed by atoms with Crippen LogP contribution in [0, 0.1) is 6.92 Å². The van der Waals surface area contributed by atoms with E-state index in [0.717, 1.165) is 28.8 Å². The molecular formula is C18H19N5O. The Morgan fingerprint density at radius 2 is 1.79 bits per heavy atom. The highest BCUT2D eigenvalue weighted by Crippen LogP contribution is 2.20. The molecule has 0 aliphatic heterocycles. The van der Waals surface area contributed by atoms with E-state index in [9.17, 15) is 0 Å². The van der Waals surface area contributed by atoms with Gasteiger partial charge in [-0.05, 0) is 43.3 Å². The summed E-state index contributed by atoms with van der Waals surface area (Å²) in [5.41, 5.74) is 1.89. The molecule has 2 aromatic heterocycles. The number of aryl methyl sites for hydroxylation is 1. The van der Waals surface area contributed by atoms with Gasteiger partial charge in [-0.2, -0.15) is 0 Å². The summed E-state index contributed by atoms with van der Waals surface area (Å²) in [4.78, 5) is 13.1. The van der Waals surface area contributed by atoms with Crippen LogP contribution in [0.3, 0.4) is 0 Å². The number of hydrogen-bond donors (Lipinski definition) is 2. The topological polar surface area (TPSA) is 72.0 Å². The molecule has 6 heteroatoms. The zero-order valence-corrected chi connectivity index (χ0v) is 13.7. The van der Waals surface area contributed by atoms with E-state index < -0.39 is 0 Å². The minimum absolute atomic E-state index is 0.610. The lowest BCUT2D eigenvalue weighted by molar-refractivity contribution is 0.415. The average molecular weight is 321 g/mol. The van der Waals surface area contributed by atoms with Crippen molar-refractivity contribution in [3.8, 4) is 5.75 Å². The molecule has 122 valence electrons. The van der Waals surface area contributed by atoms with Crippen LogP contribution >= 0.6 is 0 Å². The van der Waals surface area contributed by atoms with Crippen LogP contribution in [0.1, 0.15) is 11.5 Å². The molecule has 0 bridgehead atoms. The van der Waals surface area contributed by atoms with Gasteiger partial charge in [0.1, 0.15) is 23.2 Å². The van der Waals surface area contributed by atoms with E-state index in [1.54, 1.807) is 13.3 Å². The molecule has 24 heavy (non-hydrogen) atoms. The van der Waals surface area contributed by atoms with Crippen molar-refractivity contribution in [2.75, 3.05) is 17.7 Å². The van der Waals surface area contributed by atoms with Crippen molar-refractivity contribution in [3.05, 3.63) is 66.2 Å². The number of nitrogens with zero attached hydrogens (tertiary/aromatic N) is 3. The van der Waals surface area contributed by atoms with Crippen molar-refractivity contribution in [2.24, 2.45) is 0 Å². The van der Waals surface area contributed by atoms with Gasteiger partial charge < -0.3 is 15.4 Å². The number of methoxy groups -OCH3 is 1. The van der Waals surface area contributed by atoms with Crippen molar-refractivity contribution in [1.82, 2.24) is 15.0 Å². The van der Waals surface area contributed by atoms with Crippen LogP contribution in [0.25, 0.3) is 0 Å². The molecule has 0 amide bonds. The third kappa shape index (κ3) is 4.19. The molecule has 1 aromatic carbocycles. The second-order valence-corrected chi connectivity index (χ2v) is 5.21. The van der Waals surface area contributed by atoms with E-state index in [1.165, 1.54) is 0 Å². The maximum absolute atomic E-state index is 5.16. The van der Waals surface area contributed by atoms with E-state index in [2.05, 4.69) is 25.6 Å². The summed E-state index contributed by atoms with van der Waals surface area (Å²) in [6, 6.07) is 15.4. The maximum Gasteiger partial charge on any atom is 0.136 e. The van der Waals surface area contributed by atoms with E-state index in [0.29, 0.717) is 12.4 Å². The van der Waals surface area contributed by atoms with Crippen LogP contribution in [-0.4, -0.2) is 22.1 Å². The van der Waals surface area contributed by atoms with Crippen molar-refractivity contribution in [2.45, 2.75) is 13.5 Å². The van der Waals surface area contributed by atoms with Gasteiger partial charge in [-0.15, -0.1) is 0 Å². The lowest BCUT2D eigenvalue weighted by Crippen LogP contribution is -2.06. The number of benzene rings is 1. The average Bonchev–Trinajstić information content (AvgIpc) is 2.61. The fourth-order valence-electron chi connectivity index (χ4n) is 2.23. The minimum atomic E-state index is 0.610. The van der Waals surface area contributed by atoms with Crippen LogP contribution in [0.5, 0.6) is 5.75 Å². The predicted molar refractivity (Wildman–Crippen MR) is 94.6 cm³/mol. The third-order valence-corrected chi connectivity index (χ3v) is 3.38. The number of aromatic nitrogens is 3. The van der Waals surface area contributed by atoms with Gasteiger partial charge in [-0.3, -0.25) is 4.98 Å². The van der Waals surface area contributed by atoms with Gasteiger partial charge in [0.05, 0.1) is 19.3 Å². The first-order valence-corrected chi connectivity index (χ1v) is 7.63. The number of hydrogen-bond acceptors (Lipinski definition) is 6. The van der Waals surface area contributed by atoms with Gasteiger partial charge in [-0.25, -0.2) is 9.97 Å². The Labute approximate surface area is 141 Å². The Hall–Kier alpha value is -3.15. The molecule has 0 saturated carbocycles. The van der Waals surface area contributed by atoms with Gasteiger partial charge in [0.15, 0.2) is 0 Å². The largest absolute Gasteiger partial charge is 0.497 e. The summed E-state index contributed by atoms with van der Waals surface area (Å²) in [6.45, 7) is 2.48. The first-order valence-electron chi connectivity index (χ1n) is 7.63. The molecule has 2 heterocycles. The van der Waals surface area contributed by atoms with Gasteiger partial charge in [0.2, 0.25) is 0 Å². The van der Waals surface area contributed by atoms with E-state index in [1.807, 2.05) is 55.5 Å². The lowest BCUT2D eigenvalue weighted by Gasteiger charge is -2.10. The first-order chi connectivity index (χ1) is 11.7. The molecule has 0 fully saturated rings. The van der Waals surface area contributed by atoms with Crippen LogP contribution < -0.4 is 15.4 Å². The number of anilines is 3. The Morgan fingerprint density at radius 3 is 2.50 bits per heavy atom. The standard InChI is InChI=1S/C18H19N5O/c1-13-21-17(20-12-15-5-3-4-10-19-15)11-18(22-13)23-14-6-8-16(24-2)9-7-14/h3-11H,12H2,1-2H3,(H2,20,21,22,23). The van der Waals surface area contributed by atoms with Gasteiger partial charge in [0, 0.05) is 18.0 Å². The normalized spacial score (nSPS) is 10.2. The van der Waals surface area contributed by atoms with Crippen LogP contribution in [0.15, 0.2) is 54.7 Å². The fourth-order valence-corrected chi connectivity index (χ4v) is 2.23. The van der Waals surface area contributed by atoms with Gasteiger partial charge >= 0.3 is 0 Å². The molecule has 6 nitrogen and oxygen atoms in total. The van der Waals surface area contributed by atoms with Crippen LogP contribution in [0.2, 0.25) is 0 Å². The number of ether oxygens (including phenoxy) is 1. The molecule has 0 spiro atoms. The zero-order chi connectivity index (χ0) is 16.8. The Morgan fingerprint density at radius 1 is 1.00 bits per heavy atom. The third-order valence-electron chi connectivity index (χ3n) is 3.38. The summed E-state index contributed by atoms with van der Waals surface area (Å²) in [5.74, 6) is 2.99. The molecule has 0 radical (unpaired) electrons. The lowest BCUT2D eigenvalue weighted by atomic mass is 10.3. The smallest absolute Gasteiger partial charge is 0.136 e. The molecule has 0 aliphatic rings. The molecule has 3 aromatic rings. The summed E-state index contributed by atoms with van der Waals surface area (Å²) in [6.07, 6.45) is 1.78.